The van der Waals surface area contributed by atoms with Crippen LogP contribution in [0.4, 0.5) is 18.3 Å². The van der Waals surface area contributed by atoms with Crippen molar-refractivity contribution < 1.29 is 22.8 Å². The lowest BCUT2D eigenvalue weighted by molar-refractivity contribution is -0.137. The van der Waals surface area contributed by atoms with Crippen molar-refractivity contribution in [3.8, 4) is 11.3 Å². The summed E-state index contributed by atoms with van der Waals surface area (Å²) in [6.45, 7) is 2.13. The van der Waals surface area contributed by atoms with Crippen LogP contribution < -0.4 is 10.6 Å². The third-order valence-electron chi connectivity index (χ3n) is 4.55. The maximum Gasteiger partial charge on any atom is 0.416 e. The highest BCUT2D eigenvalue weighted by Crippen LogP contribution is 2.32. The molecule has 0 aliphatic heterocycles. The molecule has 0 radical (unpaired) electrons. The fourth-order valence-electron chi connectivity index (χ4n) is 2.93. The molecule has 0 bridgehead atoms. The Morgan fingerprint density at radius 3 is 2.58 bits per heavy atom. The first kappa shape index (κ1) is 24.8. The Hall–Kier alpha value is -2.85. The van der Waals surface area contributed by atoms with E-state index in [2.05, 4.69) is 15.6 Å². The van der Waals surface area contributed by atoms with Crippen LogP contribution in [0.25, 0.3) is 11.3 Å². The summed E-state index contributed by atoms with van der Waals surface area (Å²) in [4.78, 5) is 27.9. The molecule has 174 valence electrons. The van der Waals surface area contributed by atoms with Crippen LogP contribution in [0, 0.1) is 0 Å². The number of anilines is 1. The lowest BCUT2D eigenvalue weighted by Gasteiger charge is -2.08. The Morgan fingerprint density at radius 1 is 1.12 bits per heavy atom. The van der Waals surface area contributed by atoms with Crippen molar-refractivity contribution in [1.29, 1.82) is 0 Å². The van der Waals surface area contributed by atoms with Crippen LogP contribution in [-0.4, -0.2) is 29.1 Å². The average molecular weight is 494 g/mol. The third kappa shape index (κ3) is 7.90. The summed E-state index contributed by atoms with van der Waals surface area (Å²) in [6.07, 6.45) is -2.71. The van der Waals surface area contributed by atoms with Crippen LogP contribution >= 0.6 is 23.1 Å². The minimum absolute atomic E-state index is 0.0244. The molecule has 0 saturated carbocycles. The number of carbonyl (C=O) groups excluding carboxylic acids is 2. The van der Waals surface area contributed by atoms with Gasteiger partial charge in [0.2, 0.25) is 11.8 Å². The van der Waals surface area contributed by atoms with Crippen LogP contribution in [0.3, 0.4) is 0 Å². The highest BCUT2D eigenvalue weighted by atomic mass is 32.2. The van der Waals surface area contributed by atoms with Crippen molar-refractivity contribution in [2.75, 3.05) is 17.6 Å². The van der Waals surface area contributed by atoms with E-state index >= 15 is 0 Å². The molecule has 0 aliphatic carbocycles. The van der Waals surface area contributed by atoms with Crippen LogP contribution in [0.15, 0.2) is 58.8 Å². The van der Waals surface area contributed by atoms with Gasteiger partial charge in [0.15, 0.2) is 5.13 Å². The van der Waals surface area contributed by atoms with Crippen LogP contribution in [0.2, 0.25) is 0 Å². The number of hydrogen-bond acceptors (Lipinski definition) is 5. The van der Waals surface area contributed by atoms with E-state index in [9.17, 15) is 22.8 Å². The number of nitrogens with one attached hydrogen (secondary N) is 2. The first-order valence-electron chi connectivity index (χ1n) is 10.1. The fraction of sp³-hybridized carbons (Fsp3) is 0.261. The molecule has 0 fully saturated rings. The van der Waals surface area contributed by atoms with Gasteiger partial charge in [0, 0.05) is 29.3 Å². The molecule has 1 heterocycles. The van der Waals surface area contributed by atoms with Crippen molar-refractivity contribution >= 4 is 40.0 Å². The molecular weight excluding hydrogens is 471 g/mol. The van der Waals surface area contributed by atoms with Gasteiger partial charge in [0.25, 0.3) is 0 Å². The van der Waals surface area contributed by atoms with E-state index in [4.69, 9.17) is 0 Å². The third-order valence-corrected chi connectivity index (χ3v) is 6.30. The summed E-state index contributed by atoms with van der Waals surface area (Å²) < 4.78 is 38.4. The number of rotatable bonds is 9. The maximum absolute atomic E-state index is 12.8. The summed E-state index contributed by atoms with van der Waals surface area (Å²) in [5.74, 6) is -0.400. The van der Waals surface area contributed by atoms with E-state index in [1.807, 2.05) is 29.6 Å². The van der Waals surface area contributed by atoms with E-state index in [0.29, 0.717) is 16.6 Å². The molecule has 3 aromatic rings. The van der Waals surface area contributed by atoms with Crippen molar-refractivity contribution in [3.05, 3.63) is 65.0 Å². The molecule has 2 aromatic carbocycles. The van der Waals surface area contributed by atoms with Crippen LogP contribution in [0.1, 0.15) is 24.5 Å². The van der Waals surface area contributed by atoms with Gasteiger partial charge in [0.1, 0.15) is 0 Å². The van der Waals surface area contributed by atoms with Gasteiger partial charge in [-0.3, -0.25) is 9.59 Å². The van der Waals surface area contributed by atoms with E-state index in [0.717, 1.165) is 53.6 Å². The number of thiazole rings is 1. The van der Waals surface area contributed by atoms with Gasteiger partial charge in [-0.1, -0.05) is 30.3 Å². The van der Waals surface area contributed by atoms with Gasteiger partial charge in [0.05, 0.1) is 17.0 Å². The lowest BCUT2D eigenvalue weighted by atomic mass is 10.1. The van der Waals surface area contributed by atoms with Crippen molar-refractivity contribution in [2.45, 2.75) is 30.8 Å². The molecule has 33 heavy (non-hydrogen) atoms. The lowest BCUT2D eigenvalue weighted by Crippen LogP contribution is -2.21. The molecular formula is C23H22F3N3O2S2. The van der Waals surface area contributed by atoms with Crippen molar-refractivity contribution in [1.82, 2.24) is 10.3 Å². The Morgan fingerprint density at radius 2 is 1.88 bits per heavy atom. The van der Waals surface area contributed by atoms with E-state index in [-0.39, 0.29) is 17.6 Å². The molecule has 3 rings (SSSR count). The van der Waals surface area contributed by atoms with E-state index in [1.165, 1.54) is 30.4 Å². The average Bonchev–Trinajstić information content (AvgIpc) is 3.23. The van der Waals surface area contributed by atoms with E-state index < -0.39 is 11.7 Å². The fourth-order valence-corrected chi connectivity index (χ4v) is 4.42. The number of hydrogen-bond donors (Lipinski definition) is 2. The van der Waals surface area contributed by atoms with Gasteiger partial charge in [-0.25, -0.2) is 4.98 Å². The summed E-state index contributed by atoms with van der Waals surface area (Å²) in [7, 11) is 0. The topological polar surface area (TPSA) is 71.1 Å². The highest BCUT2D eigenvalue weighted by Gasteiger charge is 2.30. The molecule has 1 aromatic heterocycles. The van der Waals surface area contributed by atoms with Gasteiger partial charge in [-0.05, 0) is 36.6 Å². The number of amides is 2. The molecule has 5 nitrogen and oxygen atoms in total. The van der Waals surface area contributed by atoms with Crippen molar-refractivity contribution in [3.63, 3.8) is 0 Å². The number of nitrogens with zero attached hydrogens (tertiary/aromatic N) is 1. The molecule has 10 heteroatoms. The first-order valence-corrected chi connectivity index (χ1v) is 12.0. The zero-order chi connectivity index (χ0) is 23.8. The number of aromatic nitrogens is 1. The molecule has 2 N–H and O–H groups in total. The predicted octanol–water partition coefficient (Wildman–Crippen LogP) is 5.63. The minimum atomic E-state index is -4.42. The SMILES string of the molecule is CC(=O)NCCCc1ccc(-c2csc(NC(=O)CSc3cccc(C(F)(F)F)c3)n2)cc1. The summed E-state index contributed by atoms with van der Waals surface area (Å²) in [5.41, 5.74) is 2.05. The number of carbonyl (C=O) groups is 2. The normalized spacial score (nSPS) is 11.3. The monoisotopic (exact) mass is 493 g/mol. The van der Waals surface area contributed by atoms with Gasteiger partial charge in [-0.15, -0.1) is 23.1 Å². The Bertz CT molecular complexity index is 1100. The Labute approximate surface area is 197 Å². The van der Waals surface area contributed by atoms with Crippen LogP contribution in [-0.2, 0) is 22.2 Å². The second-order valence-corrected chi connectivity index (χ2v) is 9.09. The number of halogens is 3. The highest BCUT2D eigenvalue weighted by molar-refractivity contribution is 8.00. The quantitative estimate of drug-likeness (QED) is 0.299. The zero-order valence-electron chi connectivity index (χ0n) is 17.7. The molecule has 0 spiro atoms. The smallest absolute Gasteiger partial charge is 0.356 e. The molecule has 0 unspecified atom stereocenters. The molecule has 0 atom stereocenters. The molecule has 0 aliphatic rings. The van der Waals surface area contributed by atoms with Gasteiger partial charge >= 0.3 is 6.18 Å². The number of thioether (sulfide) groups is 1. The largest absolute Gasteiger partial charge is 0.416 e. The number of aryl methyl sites for hydroxylation is 1. The second-order valence-electron chi connectivity index (χ2n) is 7.18. The summed E-state index contributed by atoms with van der Waals surface area (Å²) >= 11 is 2.32. The van der Waals surface area contributed by atoms with Gasteiger partial charge in [-0.2, -0.15) is 13.2 Å². The standard InChI is InChI=1S/C23H22F3N3O2S2/c1-15(30)27-11-3-4-16-7-9-17(10-8-16)20-13-33-22(28-20)29-21(31)14-32-19-6-2-5-18(12-19)23(24,25)26/h2,5-10,12-13H,3-4,11,14H2,1H3,(H,27,30)(H,28,29,31). The first-order chi connectivity index (χ1) is 15.7. The summed E-state index contributed by atoms with van der Waals surface area (Å²) in [6, 6.07) is 12.8. The molecule has 0 saturated heterocycles. The number of benzene rings is 2. The predicted molar refractivity (Wildman–Crippen MR) is 125 cm³/mol. The van der Waals surface area contributed by atoms with E-state index in [1.54, 1.807) is 0 Å². The van der Waals surface area contributed by atoms with Crippen LogP contribution in [0.5, 0.6) is 0 Å². The van der Waals surface area contributed by atoms with Gasteiger partial charge < -0.3 is 10.6 Å². The second kappa shape index (κ2) is 11.3. The maximum atomic E-state index is 12.8. The summed E-state index contributed by atoms with van der Waals surface area (Å²) in [5, 5.41) is 7.73. The zero-order valence-corrected chi connectivity index (χ0v) is 19.4. The Balaban J connectivity index is 1.50. The molecule has 2 amide bonds. The Kier molecular flexibility index (Phi) is 8.51. The minimum Gasteiger partial charge on any atom is -0.356 e. The number of alkyl halides is 3. The van der Waals surface area contributed by atoms with Crippen molar-refractivity contribution in [2.24, 2.45) is 0 Å².